The van der Waals surface area contributed by atoms with E-state index in [1.165, 1.54) is 18.3 Å². The molecule has 0 aromatic carbocycles. The number of hydrogen-bond acceptors (Lipinski definition) is 5. The Kier molecular flexibility index (Phi) is 5.71. The third-order valence-electron chi connectivity index (χ3n) is 2.85. The zero-order chi connectivity index (χ0) is 14.5. The Hall–Kier alpha value is -1.18. The van der Waals surface area contributed by atoms with Crippen LogP contribution in [0.3, 0.4) is 0 Å². The maximum absolute atomic E-state index is 12.1. The third-order valence-corrected chi connectivity index (χ3v) is 4.43. The minimum Gasteiger partial charge on any atom is -0.384 e. The molecule has 0 radical (unpaired) electrons. The van der Waals surface area contributed by atoms with Gasteiger partial charge in [-0.2, -0.15) is 0 Å². The number of hydrogen-bond donors (Lipinski definition) is 2. The molecule has 6 nitrogen and oxygen atoms in total. The predicted octanol–water partition coefficient (Wildman–Crippen LogP) is 0.672. The van der Waals surface area contributed by atoms with Crippen molar-refractivity contribution < 1.29 is 8.42 Å². The van der Waals surface area contributed by atoms with Crippen LogP contribution in [0.25, 0.3) is 0 Å². The number of sulfonamides is 1. The topological polar surface area (TPSA) is 88.3 Å². The fourth-order valence-electron chi connectivity index (χ4n) is 1.83. The van der Waals surface area contributed by atoms with Crippen molar-refractivity contribution in [2.45, 2.75) is 31.7 Å². The number of nitrogen functional groups attached to an aromatic ring is 1. The van der Waals surface area contributed by atoms with Gasteiger partial charge in [-0.25, -0.2) is 18.1 Å². The van der Waals surface area contributed by atoms with Crippen molar-refractivity contribution in [1.29, 1.82) is 0 Å². The first-order valence-corrected chi connectivity index (χ1v) is 7.83. The highest BCUT2D eigenvalue weighted by atomic mass is 32.2. The van der Waals surface area contributed by atoms with Crippen LogP contribution in [0, 0.1) is 0 Å². The molecule has 0 saturated heterocycles. The summed E-state index contributed by atoms with van der Waals surface area (Å²) >= 11 is 0. The molecule has 1 unspecified atom stereocenters. The van der Waals surface area contributed by atoms with Crippen LogP contribution >= 0.6 is 0 Å². The summed E-state index contributed by atoms with van der Waals surface area (Å²) in [6.45, 7) is 8.41. The fraction of sp³-hybridized carbons (Fsp3) is 0.583. The number of anilines is 1. The Bertz CT molecular complexity index is 500. The molecule has 1 heterocycles. The molecule has 0 fully saturated rings. The summed E-state index contributed by atoms with van der Waals surface area (Å²) in [4.78, 5) is 6.09. The minimum absolute atomic E-state index is 0.145. The molecule has 0 aliphatic carbocycles. The van der Waals surface area contributed by atoms with E-state index in [2.05, 4.69) is 14.6 Å². The van der Waals surface area contributed by atoms with Gasteiger partial charge in [0, 0.05) is 24.8 Å². The van der Waals surface area contributed by atoms with E-state index in [1.807, 2.05) is 20.8 Å². The molecule has 0 saturated carbocycles. The second-order valence-electron chi connectivity index (χ2n) is 4.42. The maximum atomic E-state index is 12.1. The first kappa shape index (κ1) is 15.9. The van der Waals surface area contributed by atoms with Gasteiger partial charge < -0.3 is 10.6 Å². The number of nitrogens with one attached hydrogen (secondary N) is 1. The van der Waals surface area contributed by atoms with Gasteiger partial charge in [0.25, 0.3) is 0 Å². The fourth-order valence-corrected chi connectivity index (χ4v) is 3.09. The summed E-state index contributed by atoms with van der Waals surface area (Å²) in [6.07, 6.45) is 1.39. The molecular weight excluding hydrogens is 264 g/mol. The van der Waals surface area contributed by atoms with Crippen LogP contribution in [0.15, 0.2) is 23.2 Å². The summed E-state index contributed by atoms with van der Waals surface area (Å²) in [5, 5.41) is 0. The highest BCUT2D eigenvalue weighted by molar-refractivity contribution is 7.89. The number of likely N-dealkylation sites (N-methyl/N-ethyl adjacent to an activating group) is 1. The van der Waals surface area contributed by atoms with Gasteiger partial charge in [0.15, 0.2) is 0 Å². The van der Waals surface area contributed by atoms with Gasteiger partial charge in [-0.1, -0.05) is 13.8 Å². The molecule has 1 aromatic rings. The molecule has 1 rings (SSSR count). The number of rotatable bonds is 7. The monoisotopic (exact) mass is 286 g/mol. The lowest BCUT2D eigenvalue weighted by Gasteiger charge is -2.23. The van der Waals surface area contributed by atoms with Crippen molar-refractivity contribution in [2.24, 2.45) is 0 Å². The van der Waals surface area contributed by atoms with Crippen LogP contribution in [0.1, 0.15) is 20.8 Å². The van der Waals surface area contributed by atoms with Crippen LogP contribution < -0.4 is 10.5 Å². The Balaban J connectivity index is 2.74. The average molecular weight is 286 g/mol. The van der Waals surface area contributed by atoms with Gasteiger partial charge in [0.1, 0.15) is 5.82 Å². The highest BCUT2D eigenvalue weighted by Gasteiger charge is 2.18. The molecule has 0 aliphatic rings. The Labute approximate surface area is 115 Å². The first-order valence-electron chi connectivity index (χ1n) is 6.35. The Morgan fingerprint density at radius 2 is 2.05 bits per heavy atom. The summed E-state index contributed by atoms with van der Waals surface area (Å²) < 4.78 is 26.9. The van der Waals surface area contributed by atoms with Gasteiger partial charge in [-0.05, 0) is 26.1 Å². The maximum Gasteiger partial charge on any atom is 0.241 e. The quantitative estimate of drug-likeness (QED) is 0.769. The second kappa shape index (κ2) is 6.83. The zero-order valence-corrected chi connectivity index (χ0v) is 12.4. The van der Waals surface area contributed by atoms with E-state index >= 15 is 0 Å². The van der Waals surface area contributed by atoms with Crippen molar-refractivity contribution in [2.75, 3.05) is 25.4 Å². The molecule has 1 atom stereocenters. The number of nitrogens with two attached hydrogens (primary N) is 1. The lowest BCUT2D eigenvalue weighted by molar-refractivity contribution is 0.282. The van der Waals surface area contributed by atoms with Crippen molar-refractivity contribution in [3.05, 3.63) is 18.3 Å². The molecule has 19 heavy (non-hydrogen) atoms. The van der Waals surface area contributed by atoms with E-state index in [1.54, 1.807) is 0 Å². The van der Waals surface area contributed by atoms with E-state index in [4.69, 9.17) is 5.73 Å². The normalized spacial score (nSPS) is 13.7. The van der Waals surface area contributed by atoms with Gasteiger partial charge in [0.05, 0.1) is 4.90 Å². The van der Waals surface area contributed by atoms with E-state index in [0.717, 1.165) is 13.1 Å². The summed E-state index contributed by atoms with van der Waals surface area (Å²) in [5.41, 5.74) is 5.50. The largest absolute Gasteiger partial charge is 0.384 e. The van der Waals surface area contributed by atoms with Crippen molar-refractivity contribution in [3.63, 3.8) is 0 Å². The SMILES string of the molecule is CCN(CC)CC(C)NS(=O)(=O)c1ccnc(N)c1. The lowest BCUT2D eigenvalue weighted by Crippen LogP contribution is -2.41. The van der Waals surface area contributed by atoms with Gasteiger partial charge in [-0.15, -0.1) is 0 Å². The lowest BCUT2D eigenvalue weighted by atomic mass is 10.3. The molecule has 108 valence electrons. The van der Waals surface area contributed by atoms with E-state index < -0.39 is 10.0 Å². The Morgan fingerprint density at radius 3 is 2.58 bits per heavy atom. The first-order chi connectivity index (χ1) is 8.89. The molecule has 0 spiro atoms. The van der Waals surface area contributed by atoms with Crippen LogP contribution in [0.5, 0.6) is 0 Å². The number of nitrogens with zero attached hydrogens (tertiary/aromatic N) is 2. The van der Waals surface area contributed by atoms with Crippen LogP contribution in [-0.4, -0.2) is 44.0 Å². The molecule has 0 bridgehead atoms. The predicted molar refractivity (Wildman–Crippen MR) is 76.2 cm³/mol. The van der Waals surface area contributed by atoms with E-state index in [9.17, 15) is 8.42 Å². The van der Waals surface area contributed by atoms with Crippen molar-refractivity contribution in [3.8, 4) is 0 Å². The molecule has 0 aliphatic heterocycles. The second-order valence-corrected chi connectivity index (χ2v) is 6.14. The molecule has 3 N–H and O–H groups in total. The zero-order valence-electron chi connectivity index (χ0n) is 11.6. The van der Waals surface area contributed by atoms with Gasteiger partial charge in [-0.3, -0.25) is 0 Å². The van der Waals surface area contributed by atoms with Gasteiger partial charge >= 0.3 is 0 Å². The summed E-state index contributed by atoms with van der Waals surface area (Å²) in [6, 6.07) is 2.62. The molecule has 1 aromatic heterocycles. The smallest absolute Gasteiger partial charge is 0.241 e. The van der Waals surface area contributed by atoms with Crippen LogP contribution in [-0.2, 0) is 10.0 Å². The third kappa shape index (κ3) is 4.77. The number of pyridine rings is 1. The molecular formula is C12H22N4O2S. The van der Waals surface area contributed by atoms with E-state index in [-0.39, 0.29) is 16.8 Å². The Morgan fingerprint density at radius 1 is 1.42 bits per heavy atom. The van der Waals surface area contributed by atoms with Crippen molar-refractivity contribution >= 4 is 15.8 Å². The van der Waals surface area contributed by atoms with Crippen molar-refractivity contribution in [1.82, 2.24) is 14.6 Å². The van der Waals surface area contributed by atoms with Gasteiger partial charge in [0.2, 0.25) is 10.0 Å². The summed E-state index contributed by atoms with van der Waals surface area (Å²) in [5.74, 6) is 0.194. The highest BCUT2D eigenvalue weighted by Crippen LogP contribution is 2.11. The van der Waals surface area contributed by atoms with Crippen LogP contribution in [0.2, 0.25) is 0 Å². The molecule has 0 amide bonds. The van der Waals surface area contributed by atoms with Crippen LogP contribution in [0.4, 0.5) is 5.82 Å². The standard InChI is InChI=1S/C12H22N4O2S/c1-4-16(5-2)9-10(3)15-19(17,18)11-6-7-14-12(13)8-11/h6-8,10,15H,4-5,9H2,1-3H3,(H2,13,14). The average Bonchev–Trinajstić information content (AvgIpc) is 2.35. The summed E-state index contributed by atoms with van der Waals surface area (Å²) in [7, 11) is -3.54. The number of aromatic nitrogens is 1. The minimum atomic E-state index is -3.54. The molecule has 7 heteroatoms. The van der Waals surface area contributed by atoms with E-state index in [0.29, 0.717) is 6.54 Å².